The van der Waals surface area contributed by atoms with E-state index in [4.69, 9.17) is 0 Å². The minimum Gasteiger partial charge on any atom is -0.322 e. The quantitative estimate of drug-likeness (QED) is 0.601. The van der Waals surface area contributed by atoms with Gasteiger partial charge in [-0.15, -0.1) is 11.3 Å². The van der Waals surface area contributed by atoms with Crippen LogP contribution in [-0.4, -0.2) is 11.8 Å². The average molecular weight is 405 g/mol. The SMILES string of the molecule is Cc1ccccc1NC(=O)c1c(NC(=O)Cc2ccccc2)sc2c1CCCC2. The zero-order chi connectivity index (χ0) is 20.2. The van der Waals surface area contributed by atoms with E-state index in [1.807, 2.05) is 61.5 Å². The lowest BCUT2D eigenvalue weighted by Crippen LogP contribution is -2.19. The van der Waals surface area contributed by atoms with Gasteiger partial charge in [-0.1, -0.05) is 48.5 Å². The maximum absolute atomic E-state index is 13.2. The van der Waals surface area contributed by atoms with Crippen molar-refractivity contribution in [3.05, 3.63) is 81.7 Å². The second-order valence-corrected chi connectivity index (χ2v) is 8.50. The molecule has 3 aromatic rings. The number of thiophene rings is 1. The number of carbonyl (C=O) groups is 2. The highest BCUT2D eigenvalue weighted by Crippen LogP contribution is 2.38. The van der Waals surface area contributed by atoms with Crippen molar-refractivity contribution in [1.82, 2.24) is 0 Å². The standard InChI is InChI=1S/C24H24N2O2S/c1-16-9-5-7-13-19(16)25-23(28)22-18-12-6-8-14-20(18)29-24(22)26-21(27)15-17-10-3-2-4-11-17/h2-5,7,9-11,13H,6,8,12,14-15H2,1H3,(H,25,28)(H,26,27). The maximum Gasteiger partial charge on any atom is 0.258 e. The van der Waals surface area contributed by atoms with Gasteiger partial charge < -0.3 is 10.6 Å². The number of para-hydroxylation sites is 1. The molecule has 1 aromatic heterocycles. The Labute approximate surface area is 175 Å². The first-order valence-corrected chi connectivity index (χ1v) is 10.8. The molecule has 2 amide bonds. The molecule has 1 aliphatic rings. The van der Waals surface area contributed by atoms with Gasteiger partial charge in [-0.3, -0.25) is 9.59 Å². The third kappa shape index (κ3) is 4.40. The molecule has 0 saturated heterocycles. The predicted octanol–water partition coefficient (Wildman–Crippen LogP) is 5.37. The first kappa shape index (κ1) is 19.4. The van der Waals surface area contributed by atoms with Crippen LogP contribution in [0.15, 0.2) is 54.6 Å². The van der Waals surface area contributed by atoms with Crippen molar-refractivity contribution in [3.63, 3.8) is 0 Å². The van der Waals surface area contributed by atoms with Gasteiger partial charge >= 0.3 is 0 Å². The van der Waals surface area contributed by atoms with E-state index in [9.17, 15) is 9.59 Å². The summed E-state index contributed by atoms with van der Waals surface area (Å²) in [6.45, 7) is 1.97. The van der Waals surface area contributed by atoms with Crippen molar-refractivity contribution in [2.75, 3.05) is 10.6 Å². The molecule has 148 valence electrons. The molecule has 2 aromatic carbocycles. The zero-order valence-corrected chi connectivity index (χ0v) is 17.3. The first-order chi connectivity index (χ1) is 14.1. The molecule has 0 fully saturated rings. The molecule has 4 nitrogen and oxygen atoms in total. The molecule has 0 atom stereocenters. The first-order valence-electron chi connectivity index (χ1n) is 9.97. The molecule has 0 aliphatic heterocycles. The van der Waals surface area contributed by atoms with Crippen molar-refractivity contribution in [2.24, 2.45) is 0 Å². The number of carbonyl (C=O) groups excluding carboxylic acids is 2. The summed E-state index contributed by atoms with van der Waals surface area (Å²) >= 11 is 1.55. The van der Waals surface area contributed by atoms with Gasteiger partial charge in [0.25, 0.3) is 5.91 Å². The highest BCUT2D eigenvalue weighted by atomic mass is 32.1. The topological polar surface area (TPSA) is 58.2 Å². The number of hydrogen-bond donors (Lipinski definition) is 2. The van der Waals surface area contributed by atoms with Gasteiger partial charge in [-0.25, -0.2) is 0 Å². The van der Waals surface area contributed by atoms with E-state index in [1.165, 1.54) is 4.88 Å². The Balaban J connectivity index is 1.60. The van der Waals surface area contributed by atoms with Crippen molar-refractivity contribution >= 4 is 33.8 Å². The summed E-state index contributed by atoms with van der Waals surface area (Å²) < 4.78 is 0. The minimum absolute atomic E-state index is 0.0975. The molecule has 1 heterocycles. The van der Waals surface area contributed by atoms with Crippen LogP contribution in [-0.2, 0) is 24.1 Å². The number of anilines is 2. The molecule has 4 rings (SSSR count). The normalized spacial score (nSPS) is 12.9. The fourth-order valence-electron chi connectivity index (χ4n) is 3.74. The highest BCUT2D eigenvalue weighted by Gasteiger charge is 2.26. The van der Waals surface area contributed by atoms with Crippen molar-refractivity contribution < 1.29 is 9.59 Å². The summed E-state index contributed by atoms with van der Waals surface area (Å²) in [5.74, 6) is -0.242. The molecule has 2 N–H and O–H groups in total. The lowest BCUT2D eigenvalue weighted by atomic mass is 9.95. The summed E-state index contributed by atoms with van der Waals surface area (Å²) in [5, 5.41) is 6.73. The molecular formula is C24H24N2O2S. The van der Waals surface area contributed by atoms with Crippen LogP contribution in [0.1, 0.15) is 44.8 Å². The van der Waals surface area contributed by atoms with E-state index in [-0.39, 0.29) is 11.8 Å². The van der Waals surface area contributed by atoms with Crippen LogP contribution < -0.4 is 10.6 Å². The van der Waals surface area contributed by atoms with Gasteiger partial charge in [0.05, 0.1) is 12.0 Å². The highest BCUT2D eigenvalue weighted by molar-refractivity contribution is 7.17. The minimum atomic E-state index is -0.145. The number of aryl methyl sites for hydroxylation is 2. The van der Waals surface area contributed by atoms with Crippen LogP contribution in [0, 0.1) is 6.92 Å². The maximum atomic E-state index is 13.2. The lowest BCUT2D eigenvalue weighted by molar-refractivity contribution is -0.115. The lowest BCUT2D eigenvalue weighted by Gasteiger charge is -2.14. The van der Waals surface area contributed by atoms with E-state index in [0.29, 0.717) is 17.0 Å². The number of benzene rings is 2. The number of fused-ring (bicyclic) bond motifs is 1. The molecule has 0 saturated carbocycles. The Morgan fingerprint density at radius 1 is 0.931 bits per heavy atom. The Hall–Kier alpha value is -2.92. The van der Waals surface area contributed by atoms with E-state index in [0.717, 1.165) is 48.1 Å². The molecule has 5 heteroatoms. The third-order valence-corrected chi connectivity index (χ3v) is 6.46. The van der Waals surface area contributed by atoms with Crippen LogP contribution in [0.5, 0.6) is 0 Å². The number of hydrogen-bond acceptors (Lipinski definition) is 3. The fourth-order valence-corrected chi connectivity index (χ4v) is 5.05. The average Bonchev–Trinajstić information content (AvgIpc) is 3.08. The Kier molecular flexibility index (Phi) is 5.76. The molecule has 1 aliphatic carbocycles. The van der Waals surface area contributed by atoms with Gasteiger partial charge in [-0.05, 0) is 55.4 Å². The molecule has 0 unspecified atom stereocenters. The summed E-state index contributed by atoms with van der Waals surface area (Å²) in [4.78, 5) is 27.1. The molecule has 0 spiro atoms. The molecule has 29 heavy (non-hydrogen) atoms. The fraction of sp³-hybridized carbons (Fsp3) is 0.250. The second kappa shape index (κ2) is 8.62. The van der Waals surface area contributed by atoms with Gasteiger partial charge in [0, 0.05) is 10.6 Å². The Morgan fingerprint density at radius 2 is 1.66 bits per heavy atom. The van der Waals surface area contributed by atoms with Crippen LogP contribution in [0.3, 0.4) is 0 Å². The van der Waals surface area contributed by atoms with E-state index < -0.39 is 0 Å². The van der Waals surface area contributed by atoms with E-state index >= 15 is 0 Å². The monoisotopic (exact) mass is 404 g/mol. The van der Waals surface area contributed by atoms with Crippen LogP contribution >= 0.6 is 11.3 Å². The summed E-state index contributed by atoms with van der Waals surface area (Å²) in [6.07, 6.45) is 4.36. The third-order valence-electron chi connectivity index (χ3n) is 5.25. The van der Waals surface area contributed by atoms with Gasteiger partial charge in [0.15, 0.2) is 0 Å². The Bertz CT molecular complexity index is 1040. The van der Waals surface area contributed by atoms with Crippen LogP contribution in [0.25, 0.3) is 0 Å². The zero-order valence-electron chi connectivity index (χ0n) is 16.5. The summed E-state index contributed by atoms with van der Waals surface area (Å²) in [7, 11) is 0. The smallest absolute Gasteiger partial charge is 0.258 e. The number of rotatable bonds is 5. The molecular weight excluding hydrogens is 380 g/mol. The van der Waals surface area contributed by atoms with Gasteiger partial charge in [0.1, 0.15) is 5.00 Å². The number of nitrogens with one attached hydrogen (secondary N) is 2. The molecule has 0 radical (unpaired) electrons. The predicted molar refractivity (Wildman–Crippen MR) is 119 cm³/mol. The van der Waals surface area contributed by atoms with E-state index in [2.05, 4.69) is 10.6 Å². The van der Waals surface area contributed by atoms with Gasteiger partial charge in [0.2, 0.25) is 5.91 Å². The van der Waals surface area contributed by atoms with Crippen molar-refractivity contribution in [3.8, 4) is 0 Å². The van der Waals surface area contributed by atoms with E-state index in [1.54, 1.807) is 11.3 Å². The van der Waals surface area contributed by atoms with Crippen molar-refractivity contribution in [2.45, 2.75) is 39.0 Å². The summed E-state index contributed by atoms with van der Waals surface area (Å²) in [6, 6.07) is 17.4. The molecule has 0 bridgehead atoms. The second-order valence-electron chi connectivity index (χ2n) is 7.39. The Morgan fingerprint density at radius 3 is 2.45 bits per heavy atom. The number of amides is 2. The van der Waals surface area contributed by atoms with Gasteiger partial charge in [-0.2, -0.15) is 0 Å². The summed E-state index contributed by atoms with van der Waals surface area (Å²) in [5.41, 5.74) is 4.50. The van der Waals surface area contributed by atoms with Crippen molar-refractivity contribution in [1.29, 1.82) is 0 Å². The largest absolute Gasteiger partial charge is 0.322 e. The van der Waals surface area contributed by atoms with Crippen LogP contribution in [0.2, 0.25) is 0 Å². The van der Waals surface area contributed by atoms with Crippen LogP contribution in [0.4, 0.5) is 10.7 Å².